The molecule has 0 saturated carbocycles. The van der Waals surface area contributed by atoms with Crippen LogP contribution in [0.1, 0.15) is 36.0 Å². The Kier molecular flexibility index (Phi) is 5.55. The predicted molar refractivity (Wildman–Crippen MR) is 88.8 cm³/mol. The maximum absolute atomic E-state index is 12.4. The number of carbonyl (C=O) groups excluding carboxylic acids is 1. The first-order valence-electron chi connectivity index (χ1n) is 8.54. The summed E-state index contributed by atoms with van der Waals surface area (Å²) in [6.45, 7) is 1.66. The number of hydrogen-bond acceptors (Lipinski definition) is 5. The van der Waals surface area contributed by atoms with Crippen molar-refractivity contribution in [2.75, 3.05) is 26.4 Å². The van der Waals surface area contributed by atoms with Gasteiger partial charge in [-0.25, -0.2) is 4.79 Å². The van der Waals surface area contributed by atoms with Gasteiger partial charge in [0.25, 0.3) is 5.91 Å². The van der Waals surface area contributed by atoms with Gasteiger partial charge in [0.05, 0.1) is 5.60 Å². The molecule has 0 aliphatic carbocycles. The van der Waals surface area contributed by atoms with Gasteiger partial charge in [0, 0.05) is 31.4 Å². The highest BCUT2D eigenvalue weighted by molar-refractivity contribution is 5.94. The monoisotopic (exact) mass is 349 g/mol. The molecule has 7 heteroatoms. The summed E-state index contributed by atoms with van der Waals surface area (Å²) in [7, 11) is 0. The summed E-state index contributed by atoms with van der Waals surface area (Å²) in [6, 6.07) is 6.55. The molecule has 7 nitrogen and oxygen atoms in total. The fraction of sp³-hybridized carbons (Fsp3) is 0.556. The van der Waals surface area contributed by atoms with E-state index in [-0.39, 0.29) is 17.6 Å². The van der Waals surface area contributed by atoms with Gasteiger partial charge in [-0.15, -0.1) is 0 Å². The smallest absolute Gasteiger partial charge is 0.341 e. The quantitative estimate of drug-likeness (QED) is 0.839. The van der Waals surface area contributed by atoms with E-state index in [0.717, 1.165) is 25.7 Å². The second-order valence-electron chi connectivity index (χ2n) is 6.51. The van der Waals surface area contributed by atoms with Gasteiger partial charge in [0.15, 0.2) is 6.61 Å². The highest BCUT2D eigenvalue weighted by atomic mass is 16.5. The molecular weight excluding hydrogens is 326 g/mol. The van der Waals surface area contributed by atoms with E-state index < -0.39 is 12.6 Å². The van der Waals surface area contributed by atoms with Crippen LogP contribution in [0.2, 0.25) is 0 Å². The second kappa shape index (κ2) is 7.84. The number of hydrogen-bond donors (Lipinski definition) is 2. The Morgan fingerprint density at radius 3 is 2.60 bits per heavy atom. The minimum absolute atomic E-state index is 0.0855. The lowest BCUT2D eigenvalue weighted by Gasteiger charge is -2.43. The van der Waals surface area contributed by atoms with E-state index >= 15 is 0 Å². The maximum atomic E-state index is 12.4. The van der Waals surface area contributed by atoms with Gasteiger partial charge in [-0.05, 0) is 49.9 Å². The van der Waals surface area contributed by atoms with E-state index in [4.69, 9.17) is 19.3 Å². The van der Waals surface area contributed by atoms with Crippen molar-refractivity contribution in [1.29, 1.82) is 0 Å². The van der Waals surface area contributed by atoms with Crippen LogP contribution in [0.5, 0.6) is 5.75 Å². The first kappa shape index (κ1) is 17.7. The molecule has 2 fully saturated rings. The first-order chi connectivity index (χ1) is 12.1. The van der Waals surface area contributed by atoms with Crippen molar-refractivity contribution in [3.8, 4) is 5.75 Å². The van der Waals surface area contributed by atoms with Crippen LogP contribution in [-0.2, 0) is 14.3 Å². The van der Waals surface area contributed by atoms with Crippen LogP contribution in [0, 0.1) is 0 Å². The molecule has 1 aromatic rings. The van der Waals surface area contributed by atoms with Gasteiger partial charge in [-0.2, -0.15) is 0 Å². The molecule has 2 N–H and O–H groups in total. The van der Waals surface area contributed by atoms with Crippen LogP contribution >= 0.6 is 0 Å². The van der Waals surface area contributed by atoms with E-state index in [1.165, 1.54) is 0 Å². The van der Waals surface area contributed by atoms with Crippen LogP contribution in [0.15, 0.2) is 24.3 Å². The van der Waals surface area contributed by atoms with E-state index in [9.17, 15) is 9.59 Å². The number of carbonyl (C=O) groups is 2. The second-order valence-corrected chi connectivity index (χ2v) is 6.51. The molecule has 2 heterocycles. The molecule has 25 heavy (non-hydrogen) atoms. The Bertz CT molecular complexity index is 603. The summed E-state index contributed by atoms with van der Waals surface area (Å²) in [4.78, 5) is 22.9. The Hall–Kier alpha value is -2.12. The van der Waals surface area contributed by atoms with Crippen molar-refractivity contribution in [2.24, 2.45) is 0 Å². The van der Waals surface area contributed by atoms with E-state index in [1.807, 2.05) is 0 Å². The minimum atomic E-state index is -1.04. The van der Waals surface area contributed by atoms with Crippen LogP contribution in [-0.4, -0.2) is 55.1 Å². The Balaban J connectivity index is 1.55. The Labute approximate surface area is 146 Å². The van der Waals surface area contributed by atoms with Gasteiger partial charge in [0.2, 0.25) is 0 Å². The third-order valence-corrected chi connectivity index (χ3v) is 4.71. The normalized spacial score (nSPS) is 22.3. The predicted octanol–water partition coefficient (Wildman–Crippen LogP) is 1.61. The van der Waals surface area contributed by atoms with Crippen LogP contribution in [0.4, 0.5) is 0 Å². The lowest BCUT2D eigenvalue weighted by atomic mass is 9.84. The average molecular weight is 349 g/mol. The SMILES string of the molecule is O=C(O)COc1ccc(C(=O)NC2CCOC3(CCOCC3)C2)cc1. The molecule has 1 amide bonds. The van der Waals surface area contributed by atoms with Gasteiger partial charge >= 0.3 is 5.97 Å². The molecule has 1 atom stereocenters. The molecular formula is C18H23NO6. The molecule has 1 unspecified atom stereocenters. The fourth-order valence-electron chi connectivity index (χ4n) is 3.36. The number of aliphatic carboxylic acids is 1. The van der Waals surface area contributed by atoms with Gasteiger partial charge in [-0.3, -0.25) is 4.79 Å². The van der Waals surface area contributed by atoms with E-state index in [1.54, 1.807) is 24.3 Å². The molecule has 2 aliphatic heterocycles. The van der Waals surface area contributed by atoms with Crippen molar-refractivity contribution in [3.63, 3.8) is 0 Å². The highest BCUT2D eigenvalue weighted by Gasteiger charge is 2.39. The molecule has 0 radical (unpaired) electrons. The number of benzene rings is 1. The third-order valence-electron chi connectivity index (χ3n) is 4.71. The Morgan fingerprint density at radius 1 is 1.20 bits per heavy atom. The maximum Gasteiger partial charge on any atom is 0.341 e. The number of ether oxygens (including phenoxy) is 3. The van der Waals surface area contributed by atoms with Crippen molar-refractivity contribution in [1.82, 2.24) is 5.32 Å². The van der Waals surface area contributed by atoms with Crippen molar-refractivity contribution in [3.05, 3.63) is 29.8 Å². The average Bonchev–Trinajstić information content (AvgIpc) is 2.61. The van der Waals surface area contributed by atoms with Crippen molar-refractivity contribution < 1.29 is 28.9 Å². The minimum Gasteiger partial charge on any atom is -0.482 e. The lowest BCUT2D eigenvalue weighted by Crippen LogP contribution is -2.51. The number of amides is 1. The Morgan fingerprint density at radius 2 is 1.92 bits per heavy atom. The molecule has 2 saturated heterocycles. The summed E-state index contributed by atoms with van der Waals surface area (Å²) >= 11 is 0. The molecule has 2 aliphatic rings. The van der Waals surface area contributed by atoms with Gasteiger partial charge in [-0.1, -0.05) is 0 Å². The van der Waals surface area contributed by atoms with Crippen LogP contribution < -0.4 is 10.1 Å². The molecule has 1 spiro atoms. The third kappa shape index (κ3) is 4.70. The number of nitrogens with one attached hydrogen (secondary N) is 1. The summed E-state index contributed by atoms with van der Waals surface area (Å²) < 4.78 is 16.5. The summed E-state index contributed by atoms with van der Waals surface area (Å²) in [5, 5.41) is 11.7. The number of rotatable bonds is 5. The van der Waals surface area contributed by atoms with E-state index in [2.05, 4.69) is 5.32 Å². The molecule has 3 rings (SSSR count). The number of carboxylic acid groups (broad SMARTS) is 1. The van der Waals surface area contributed by atoms with Crippen LogP contribution in [0.25, 0.3) is 0 Å². The topological polar surface area (TPSA) is 94.1 Å². The standard InChI is InChI=1S/C18H23NO6/c20-16(21)12-24-15-3-1-13(2-4-15)17(22)19-14-5-8-25-18(11-14)6-9-23-10-7-18/h1-4,14H,5-12H2,(H,19,22)(H,20,21). The van der Waals surface area contributed by atoms with Gasteiger partial charge < -0.3 is 24.6 Å². The van der Waals surface area contributed by atoms with Gasteiger partial charge in [0.1, 0.15) is 5.75 Å². The summed E-state index contributed by atoms with van der Waals surface area (Å²) in [5.41, 5.74) is 0.360. The number of carboxylic acids is 1. The molecule has 0 bridgehead atoms. The first-order valence-corrected chi connectivity index (χ1v) is 8.54. The van der Waals surface area contributed by atoms with Crippen LogP contribution in [0.3, 0.4) is 0 Å². The molecule has 136 valence electrons. The highest BCUT2D eigenvalue weighted by Crippen LogP contribution is 2.34. The largest absolute Gasteiger partial charge is 0.482 e. The zero-order chi connectivity index (χ0) is 17.7. The zero-order valence-corrected chi connectivity index (χ0v) is 14.0. The van der Waals surface area contributed by atoms with Crippen molar-refractivity contribution in [2.45, 2.75) is 37.3 Å². The summed E-state index contributed by atoms with van der Waals surface area (Å²) in [6.07, 6.45) is 3.35. The lowest BCUT2D eigenvalue weighted by molar-refractivity contribution is -0.139. The fourth-order valence-corrected chi connectivity index (χ4v) is 3.36. The summed E-state index contributed by atoms with van der Waals surface area (Å²) in [5.74, 6) is -0.756. The molecule has 0 aromatic heterocycles. The zero-order valence-electron chi connectivity index (χ0n) is 14.0. The van der Waals surface area contributed by atoms with Crippen molar-refractivity contribution >= 4 is 11.9 Å². The van der Waals surface area contributed by atoms with E-state index in [0.29, 0.717) is 31.1 Å². The molecule has 1 aromatic carbocycles.